The predicted octanol–water partition coefficient (Wildman–Crippen LogP) is 6.15. The van der Waals surface area contributed by atoms with Crippen molar-refractivity contribution in [3.05, 3.63) is 81.6 Å². The Kier molecular flexibility index (Phi) is 6.62. The van der Waals surface area contributed by atoms with Crippen molar-refractivity contribution >= 4 is 61.5 Å². The van der Waals surface area contributed by atoms with Gasteiger partial charge in [0.05, 0.1) is 4.47 Å². The SMILES string of the molecule is Clc1cccc(CCNc2nc(Nc3ccc4[nH]cc(C5=CCNCC5)c4c3)ncc2Br)c1. The van der Waals surface area contributed by atoms with Crippen molar-refractivity contribution in [1.29, 1.82) is 0 Å². The molecule has 0 bridgehead atoms. The van der Waals surface area contributed by atoms with Crippen LogP contribution < -0.4 is 16.0 Å². The zero-order chi connectivity index (χ0) is 22.6. The van der Waals surface area contributed by atoms with Crippen molar-refractivity contribution < 1.29 is 0 Å². The maximum absolute atomic E-state index is 6.08. The van der Waals surface area contributed by atoms with Crippen molar-refractivity contribution in [2.24, 2.45) is 0 Å². The smallest absolute Gasteiger partial charge is 0.229 e. The number of aromatic nitrogens is 3. The van der Waals surface area contributed by atoms with Crippen LogP contribution in [-0.4, -0.2) is 34.6 Å². The van der Waals surface area contributed by atoms with E-state index in [2.05, 4.69) is 77.3 Å². The van der Waals surface area contributed by atoms with Gasteiger partial charge in [-0.25, -0.2) is 4.98 Å². The Bertz CT molecular complexity index is 1320. The van der Waals surface area contributed by atoms with Crippen molar-refractivity contribution in [3.63, 3.8) is 0 Å². The van der Waals surface area contributed by atoms with E-state index >= 15 is 0 Å². The highest BCUT2D eigenvalue weighted by molar-refractivity contribution is 9.10. The van der Waals surface area contributed by atoms with Crippen molar-refractivity contribution in [2.45, 2.75) is 12.8 Å². The van der Waals surface area contributed by atoms with Crippen LogP contribution in [-0.2, 0) is 6.42 Å². The first kappa shape index (κ1) is 21.9. The number of H-pyrrole nitrogens is 1. The molecule has 4 aromatic rings. The number of halogens is 2. The molecule has 0 atom stereocenters. The molecule has 1 aliphatic heterocycles. The number of anilines is 3. The summed E-state index contributed by atoms with van der Waals surface area (Å²) in [7, 11) is 0. The van der Waals surface area contributed by atoms with E-state index in [0.717, 1.165) is 59.0 Å². The molecule has 4 N–H and O–H groups in total. The van der Waals surface area contributed by atoms with E-state index in [9.17, 15) is 0 Å². The third-order valence-corrected chi connectivity index (χ3v) is 6.50. The molecular formula is C25H24BrClN6. The molecule has 0 spiro atoms. The molecule has 3 heterocycles. The van der Waals surface area contributed by atoms with E-state index in [-0.39, 0.29) is 0 Å². The summed E-state index contributed by atoms with van der Waals surface area (Å²) < 4.78 is 0.820. The van der Waals surface area contributed by atoms with E-state index in [1.807, 2.05) is 24.3 Å². The Balaban J connectivity index is 1.31. The Morgan fingerprint density at radius 3 is 2.94 bits per heavy atom. The molecule has 0 saturated carbocycles. The molecular weight excluding hydrogens is 500 g/mol. The van der Waals surface area contributed by atoms with Crippen LogP contribution in [0, 0.1) is 0 Å². The highest BCUT2D eigenvalue weighted by Gasteiger charge is 2.12. The normalized spacial score (nSPS) is 13.7. The van der Waals surface area contributed by atoms with Gasteiger partial charge in [0.15, 0.2) is 0 Å². The zero-order valence-electron chi connectivity index (χ0n) is 18.0. The monoisotopic (exact) mass is 522 g/mol. The molecule has 0 fully saturated rings. The Morgan fingerprint density at radius 2 is 2.09 bits per heavy atom. The lowest BCUT2D eigenvalue weighted by molar-refractivity contribution is 0.739. The minimum absolute atomic E-state index is 0.543. The number of nitrogens with zero attached hydrogens (tertiary/aromatic N) is 2. The van der Waals surface area contributed by atoms with Crippen LogP contribution in [0.25, 0.3) is 16.5 Å². The first-order valence-corrected chi connectivity index (χ1v) is 12.1. The molecule has 8 heteroatoms. The van der Waals surface area contributed by atoms with E-state index in [1.54, 1.807) is 6.20 Å². The van der Waals surface area contributed by atoms with Crippen LogP contribution in [0.3, 0.4) is 0 Å². The fourth-order valence-corrected chi connectivity index (χ4v) is 4.57. The van der Waals surface area contributed by atoms with Gasteiger partial charge in [-0.05, 0) is 76.8 Å². The first-order chi connectivity index (χ1) is 16.2. The fourth-order valence-electron chi connectivity index (χ4n) is 4.03. The third-order valence-electron chi connectivity index (χ3n) is 5.69. The second-order valence-corrected chi connectivity index (χ2v) is 9.26. The quantitative estimate of drug-likeness (QED) is 0.234. The van der Waals surface area contributed by atoms with Crippen molar-refractivity contribution in [3.8, 4) is 0 Å². The minimum Gasteiger partial charge on any atom is -0.369 e. The topological polar surface area (TPSA) is 77.7 Å². The maximum atomic E-state index is 6.08. The van der Waals surface area contributed by atoms with Gasteiger partial charge in [0.1, 0.15) is 5.82 Å². The number of aromatic amines is 1. The molecule has 0 radical (unpaired) electrons. The van der Waals surface area contributed by atoms with E-state index in [4.69, 9.17) is 11.6 Å². The van der Waals surface area contributed by atoms with Gasteiger partial charge >= 0.3 is 0 Å². The van der Waals surface area contributed by atoms with E-state index in [0.29, 0.717) is 5.95 Å². The highest BCUT2D eigenvalue weighted by atomic mass is 79.9. The van der Waals surface area contributed by atoms with Crippen LogP contribution in [0.4, 0.5) is 17.5 Å². The van der Waals surface area contributed by atoms with Crippen LogP contribution in [0.1, 0.15) is 17.5 Å². The Labute approximate surface area is 206 Å². The number of fused-ring (bicyclic) bond motifs is 1. The lowest BCUT2D eigenvalue weighted by Crippen LogP contribution is -2.19. The van der Waals surface area contributed by atoms with Gasteiger partial charge in [0.2, 0.25) is 5.95 Å². The average molecular weight is 524 g/mol. The highest BCUT2D eigenvalue weighted by Crippen LogP contribution is 2.31. The number of rotatable bonds is 7. The van der Waals surface area contributed by atoms with Gasteiger partial charge in [-0.2, -0.15) is 4.98 Å². The lowest BCUT2D eigenvalue weighted by atomic mass is 9.99. The standard InChI is InChI=1S/C25H24BrClN6/c26-22-15-31-25(33-24(22)29-11-6-16-2-1-3-18(27)12-16)32-19-4-5-23-20(13-19)21(14-30-23)17-7-9-28-10-8-17/h1-5,7,12-15,28,30H,6,8-11H2,(H2,29,31,32,33). The second kappa shape index (κ2) is 9.95. The third kappa shape index (κ3) is 5.21. The Morgan fingerprint density at radius 1 is 1.15 bits per heavy atom. The summed E-state index contributed by atoms with van der Waals surface area (Å²) in [5.74, 6) is 1.29. The summed E-state index contributed by atoms with van der Waals surface area (Å²) in [5.41, 5.74) is 5.89. The molecule has 1 aliphatic rings. The summed E-state index contributed by atoms with van der Waals surface area (Å²) in [6.07, 6.45) is 8.01. The second-order valence-electron chi connectivity index (χ2n) is 7.97. The summed E-state index contributed by atoms with van der Waals surface area (Å²) in [6.45, 7) is 2.66. The minimum atomic E-state index is 0.543. The number of hydrogen-bond donors (Lipinski definition) is 4. The van der Waals surface area contributed by atoms with Gasteiger partial charge in [-0.3, -0.25) is 0 Å². The van der Waals surface area contributed by atoms with Crippen LogP contribution in [0.5, 0.6) is 0 Å². The van der Waals surface area contributed by atoms with Gasteiger partial charge in [-0.1, -0.05) is 29.8 Å². The van der Waals surface area contributed by atoms with Crippen LogP contribution >= 0.6 is 27.5 Å². The molecule has 168 valence electrons. The molecule has 6 nitrogen and oxygen atoms in total. The van der Waals surface area contributed by atoms with E-state index in [1.165, 1.54) is 22.1 Å². The van der Waals surface area contributed by atoms with E-state index < -0.39 is 0 Å². The average Bonchev–Trinajstić information content (AvgIpc) is 3.25. The first-order valence-electron chi connectivity index (χ1n) is 10.9. The largest absolute Gasteiger partial charge is 0.369 e. The molecule has 5 rings (SSSR count). The number of nitrogens with one attached hydrogen (secondary N) is 4. The van der Waals surface area contributed by atoms with Crippen molar-refractivity contribution in [1.82, 2.24) is 20.3 Å². The predicted molar refractivity (Wildman–Crippen MR) is 140 cm³/mol. The van der Waals surface area contributed by atoms with Gasteiger partial charge in [-0.15, -0.1) is 0 Å². The van der Waals surface area contributed by atoms with Crippen LogP contribution in [0.15, 0.2) is 65.4 Å². The van der Waals surface area contributed by atoms with Crippen LogP contribution in [0.2, 0.25) is 5.02 Å². The summed E-state index contributed by atoms with van der Waals surface area (Å²) >= 11 is 9.63. The molecule has 0 aliphatic carbocycles. The summed E-state index contributed by atoms with van der Waals surface area (Å²) in [6, 6.07) is 14.2. The summed E-state index contributed by atoms with van der Waals surface area (Å²) in [4.78, 5) is 12.5. The number of benzene rings is 2. The molecule has 0 amide bonds. The zero-order valence-corrected chi connectivity index (χ0v) is 20.3. The van der Waals surface area contributed by atoms with Gasteiger partial charge < -0.3 is 20.9 Å². The maximum Gasteiger partial charge on any atom is 0.229 e. The number of hydrogen-bond acceptors (Lipinski definition) is 5. The van der Waals surface area contributed by atoms with Gasteiger partial charge in [0.25, 0.3) is 0 Å². The molecule has 0 unspecified atom stereocenters. The molecule has 2 aromatic carbocycles. The van der Waals surface area contributed by atoms with Gasteiger partial charge in [0, 0.05) is 52.7 Å². The van der Waals surface area contributed by atoms with Crippen molar-refractivity contribution in [2.75, 3.05) is 30.3 Å². The molecule has 2 aromatic heterocycles. The fraction of sp³-hybridized carbons (Fsp3) is 0.200. The molecule has 33 heavy (non-hydrogen) atoms. The summed E-state index contributed by atoms with van der Waals surface area (Å²) in [5, 5.41) is 12.1. The Hall–Kier alpha value is -2.87. The molecule has 0 saturated heterocycles. The lowest BCUT2D eigenvalue weighted by Gasteiger charge is -2.14.